The second-order valence-corrected chi connectivity index (χ2v) is 6.17. The second-order valence-electron chi connectivity index (χ2n) is 6.17. The highest BCUT2D eigenvalue weighted by atomic mass is 16.5. The summed E-state index contributed by atoms with van der Waals surface area (Å²) in [4.78, 5) is 0. The molecule has 0 aromatic carbocycles. The molecule has 0 radical (unpaired) electrons. The molecule has 0 aliphatic rings. The van der Waals surface area contributed by atoms with Gasteiger partial charge in [-0.05, 0) is 12.3 Å². The Morgan fingerprint density at radius 1 is 0.571 bits per heavy atom. The molecule has 128 valence electrons. The molecule has 0 aliphatic carbocycles. The molecule has 0 fully saturated rings. The van der Waals surface area contributed by atoms with E-state index in [9.17, 15) is 0 Å². The van der Waals surface area contributed by atoms with E-state index >= 15 is 0 Å². The minimum atomic E-state index is 0.597. The number of hydrogen-bond acceptors (Lipinski definition) is 3. The van der Waals surface area contributed by atoms with E-state index in [1.807, 2.05) is 0 Å². The largest absolute Gasteiger partial charge is 0.379 e. The molecule has 0 N–H and O–H groups in total. The van der Waals surface area contributed by atoms with Gasteiger partial charge in [0.25, 0.3) is 0 Å². The highest BCUT2D eigenvalue weighted by Crippen LogP contribution is 2.08. The summed E-state index contributed by atoms with van der Waals surface area (Å²) in [5.41, 5.74) is 0. The molecule has 0 aromatic rings. The third kappa shape index (κ3) is 19.9. The van der Waals surface area contributed by atoms with Gasteiger partial charge in [-0.1, -0.05) is 65.7 Å². The first kappa shape index (κ1) is 20.9. The van der Waals surface area contributed by atoms with E-state index < -0.39 is 0 Å². The van der Waals surface area contributed by atoms with E-state index in [4.69, 9.17) is 14.2 Å². The van der Waals surface area contributed by atoms with Crippen LogP contribution < -0.4 is 0 Å². The Labute approximate surface area is 132 Å². The van der Waals surface area contributed by atoms with Crippen molar-refractivity contribution in [2.24, 2.45) is 5.92 Å². The third-order valence-electron chi connectivity index (χ3n) is 3.34. The number of rotatable bonds is 17. The molecule has 0 aliphatic heterocycles. The van der Waals surface area contributed by atoms with E-state index in [1.54, 1.807) is 0 Å². The lowest BCUT2D eigenvalue weighted by atomic mass is 10.1. The summed E-state index contributed by atoms with van der Waals surface area (Å²) in [5.74, 6) is 0.597. The van der Waals surface area contributed by atoms with Crippen molar-refractivity contribution in [3.05, 3.63) is 0 Å². The first-order chi connectivity index (χ1) is 10.3. The maximum atomic E-state index is 5.56. The normalized spacial score (nSPS) is 11.4. The predicted octanol–water partition coefficient (Wildman–Crippen LogP) is 4.83. The first-order valence-electron chi connectivity index (χ1n) is 9.00. The Kier molecular flexibility index (Phi) is 17.8. The summed E-state index contributed by atoms with van der Waals surface area (Å²) in [6, 6.07) is 0. The molecule has 21 heavy (non-hydrogen) atoms. The summed E-state index contributed by atoms with van der Waals surface area (Å²) < 4.78 is 16.4. The molecular weight excluding hydrogens is 264 g/mol. The van der Waals surface area contributed by atoms with Crippen molar-refractivity contribution in [3.63, 3.8) is 0 Å². The van der Waals surface area contributed by atoms with Gasteiger partial charge < -0.3 is 14.2 Å². The van der Waals surface area contributed by atoms with Crippen molar-refractivity contribution in [2.45, 2.75) is 72.1 Å². The van der Waals surface area contributed by atoms with Gasteiger partial charge in [-0.25, -0.2) is 0 Å². The van der Waals surface area contributed by atoms with Crippen molar-refractivity contribution in [1.82, 2.24) is 0 Å². The molecule has 3 nitrogen and oxygen atoms in total. The summed E-state index contributed by atoms with van der Waals surface area (Å²) in [5, 5.41) is 0. The van der Waals surface area contributed by atoms with Gasteiger partial charge in [0.1, 0.15) is 0 Å². The fraction of sp³-hybridized carbons (Fsp3) is 1.00. The van der Waals surface area contributed by atoms with E-state index in [1.165, 1.54) is 51.4 Å². The van der Waals surface area contributed by atoms with E-state index in [0.717, 1.165) is 13.2 Å². The fourth-order valence-corrected chi connectivity index (χ4v) is 2.10. The van der Waals surface area contributed by atoms with Crippen molar-refractivity contribution < 1.29 is 14.2 Å². The average molecular weight is 302 g/mol. The van der Waals surface area contributed by atoms with Crippen LogP contribution >= 0.6 is 0 Å². The van der Waals surface area contributed by atoms with Gasteiger partial charge in [-0.2, -0.15) is 0 Å². The molecule has 0 heterocycles. The molecule has 0 bridgehead atoms. The zero-order valence-corrected chi connectivity index (χ0v) is 14.7. The van der Waals surface area contributed by atoms with Crippen LogP contribution in [0.1, 0.15) is 72.1 Å². The van der Waals surface area contributed by atoms with Gasteiger partial charge >= 0.3 is 0 Å². The van der Waals surface area contributed by atoms with Gasteiger partial charge in [0, 0.05) is 13.2 Å². The van der Waals surface area contributed by atoms with Crippen LogP contribution in [0.15, 0.2) is 0 Å². The summed E-state index contributed by atoms with van der Waals surface area (Å²) in [7, 11) is 0. The average Bonchev–Trinajstić information content (AvgIpc) is 2.46. The quantitative estimate of drug-likeness (QED) is 0.360. The predicted molar refractivity (Wildman–Crippen MR) is 89.9 cm³/mol. The minimum absolute atomic E-state index is 0.597. The Hall–Kier alpha value is -0.120. The standard InChI is InChI=1S/C18H38O3/c1-4-5-6-7-8-9-10-11-12-19-13-14-20-15-16-21-17-18(2)3/h18H,4-17H2,1-3H3. The summed E-state index contributed by atoms with van der Waals surface area (Å²) in [6.07, 6.45) is 10.8. The van der Waals surface area contributed by atoms with Gasteiger partial charge in [-0.3, -0.25) is 0 Å². The van der Waals surface area contributed by atoms with Crippen molar-refractivity contribution >= 4 is 0 Å². The summed E-state index contributed by atoms with van der Waals surface area (Å²) >= 11 is 0. The van der Waals surface area contributed by atoms with Gasteiger partial charge in [-0.15, -0.1) is 0 Å². The van der Waals surface area contributed by atoms with Crippen LogP contribution in [0.2, 0.25) is 0 Å². The van der Waals surface area contributed by atoms with Crippen LogP contribution in [0.5, 0.6) is 0 Å². The lowest BCUT2D eigenvalue weighted by Crippen LogP contribution is -2.11. The van der Waals surface area contributed by atoms with Crippen LogP contribution in [0.3, 0.4) is 0 Å². The van der Waals surface area contributed by atoms with E-state index in [0.29, 0.717) is 32.3 Å². The van der Waals surface area contributed by atoms with Crippen molar-refractivity contribution in [2.75, 3.05) is 39.6 Å². The third-order valence-corrected chi connectivity index (χ3v) is 3.34. The molecule has 3 heteroatoms. The van der Waals surface area contributed by atoms with Crippen LogP contribution in [0.25, 0.3) is 0 Å². The van der Waals surface area contributed by atoms with Gasteiger partial charge in [0.2, 0.25) is 0 Å². The summed E-state index contributed by atoms with van der Waals surface area (Å²) in [6.45, 7) is 11.0. The van der Waals surface area contributed by atoms with Crippen LogP contribution in [-0.2, 0) is 14.2 Å². The smallest absolute Gasteiger partial charge is 0.0701 e. The zero-order chi connectivity index (χ0) is 15.6. The first-order valence-corrected chi connectivity index (χ1v) is 9.00. The SMILES string of the molecule is CCCCCCCCCCOCCOCCOCC(C)C. The maximum absolute atomic E-state index is 5.56. The van der Waals surface area contributed by atoms with Crippen LogP contribution in [0, 0.1) is 5.92 Å². The number of unbranched alkanes of at least 4 members (excludes halogenated alkanes) is 7. The van der Waals surface area contributed by atoms with Crippen LogP contribution in [0.4, 0.5) is 0 Å². The zero-order valence-electron chi connectivity index (χ0n) is 14.7. The molecule has 0 amide bonds. The highest BCUT2D eigenvalue weighted by molar-refractivity contribution is 4.46. The fourth-order valence-electron chi connectivity index (χ4n) is 2.10. The molecule has 0 unspecified atom stereocenters. The Balaban J connectivity index is 2.93. The number of ether oxygens (including phenoxy) is 3. The van der Waals surface area contributed by atoms with E-state index in [-0.39, 0.29) is 0 Å². The molecular formula is C18H38O3. The van der Waals surface area contributed by atoms with Crippen molar-refractivity contribution in [3.8, 4) is 0 Å². The maximum Gasteiger partial charge on any atom is 0.0701 e. The highest BCUT2D eigenvalue weighted by Gasteiger charge is 1.95. The molecule has 0 saturated carbocycles. The molecule has 0 rings (SSSR count). The topological polar surface area (TPSA) is 27.7 Å². The lowest BCUT2D eigenvalue weighted by molar-refractivity contribution is 0.00900. The van der Waals surface area contributed by atoms with Gasteiger partial charge in [0.15, 0.2) is 0 Å². The Morgan fingerprint density at radius 2 is 1.05 bits per heavy atom. The molecule has 0 aromatic heterocycles. The Bertz CT molecular complexity index is 183. The van der Waals surface area contributed by atoms with Crippen LogP contribution in [-0.4, -0.2) is 39.6 Å². The van der Waals surface area contributed by atoms with E-state index in [2.05, 4.69) is 20.8 Å². The monoisotopic (exact) mass is 302 g/mol. The second kappa shape index (κ2) is 17.9. The van der Waals surface area contributed by atoms with Gasteiger partial charge in [0.05, 0.1) is 26.4 Å². The molecule has 0 saturated heterocycles. The minimum Gasteiger partial charge on any atom is -0.379 e. The lowest BCUT2D eigenvalue weighted by Gasteiger charge is -2.08. The molecule has 0 spiro atoms. The molecule has 0 atom stereocenters. The van der Waals surface area contributed by atoms with Crippen molar-refractivity contribution in [1.29, 1.82) is 0 Å². The Morgan fingerprint density at radius 3 is 1.62 bits per heavy atom. The number of hydrogen-bond donors (Lipinski definition) is 0.